The van der Waals surface area contributed by atoms with Gasteiger partial charge in [0.05, 0.1) is 0 Å². The maximum Gasteiger partial charge on any atom is 0 e. The summed E-state index contributed by atoms with van der Waals surface area (Å²) in [5, 5.41) is 1.59. The largest absolute Gasteiger partial charge is 0.122 e. The van der Waals surface area contributed by atoms with Gasteiger partial charge in [0, 0.05) is 17.1 Å². The van der Waals surface area contributed by atoms with Gasteiger partial charge in [-0.3, -0.25) is 0 Å². The van der Waals surface area contributed by atoms with Crippen LogP contribution in [0.3, 0.4) is 0 Å². The molecule has 0 amide bonds. The van der Waals surface area contributed by atoms with E-state index < -0.39 is 0 Å². The minimum Gasteiger partial charge on any atom is -0.122 e. The average molecular weight is 482 g/mol. The van der Waals surface area contributed by atoms with Crippen LogP contribution in [0, 0.1) is 5.92 Å². The number of benzene rings is 1. The molecule has 0 nitrogen and oxygen atoms in total. The van der Waals surface area contributed by atoms with Gasteiger partial charge in [0.15, 0.2) is 0 Å². The zero-order valence-electron chi connectivity index (χ0n) is 21.1. The van der Waals surface area contributed by atoms with E-state index in [1.165, 1.54) is 51.4 Å². The maximum atomic E-state index is 2.46. The van der Waals surface area contributed by atoms with Gasteiger partial charge in [0.25, 0.3) is 0 Å². The van der Waals surface area contributed by atoms with Gasteiger partial charge in [-0.1, -0.05) is 120 Å². The Morgan fingerprint density at radius 1 is 0.759 bits per heavy atom. The van der Waals surface area contributed by atoms with Gasteiger partial charge in [-0.2, -0.15) is 0 Å². The van der Waals surface area contributed by atoms with Crippen LogP contribution in [0.4, 0.5) is 0 Å². The summed E-state index contributed by atoms with van der Waals surface area (Å²) in [5.74, 6) is 1.70. The molecule has 2 aliphatic rings. The first-order valence-corrected chi connectivity index (χ1v) is 15.3. The van der Waals surface area contributed by atoms with Gasteiger partial charge in [-0.05, 0) is 54.5 Å². The average Bonchev–Trinajstić information content (AvgIpc) is 3.52. The summed E-state index contributed by atoms with van der Waals surface area (Å²) in [4.78, 5) is 0. The Bertz CT molecular complexity index is 425. The molecule has 3 rings (SSSR count). The summed E-state index contributed by atoms with van der Waals surface area (Å²) in [7, 11) is 2.06. The molecule has 2 fully saturated rings. The van der Waals surface area contributed by atoms with Crippen molar-refractivity contribution in [1.82, 2.24) is 0 Å². The van der Waals surface area contributed by atoms with Crippen molar-refractivity contribution in [2.24, 2.45) is 5.92 Å². The first kappa shape index (κ1) is 34.2. The second-order valence-corrected chi connectivity index (χ2v) is 9.24. The van der Waals surface area contributed by atoms with E-state index in [-0.39, 0.29) is 17.1 Å². The molecule has 0 radical (unpaired) electrons. The molecule has 2 aliphatic carbocycles. The van der Waals surface area contributed by atoms with Crippen LogP contribution in [-0.2, 0) is 17.1 Å². The van der Waals surface area contributed by atoms with E-state index >= 15 is 0 Å². The van der Waals surface area contributed by atoms with Gasteiger partial charge < -0.3 is 0 Å². The fourth-order valence-electron chi connectivity index (χ4n) is 4.18. The summed E-state index contributed by atoms with van der Waals surface area (Å²) in [6.07, 6.45) is 11.9. The summed E-state index contributed by atoms with van der Waals surface area (Å²) < 4.78 is 0. The van der Waals surface area contributed by atoms with E-state index in [2.05, 4.69) is 44.5 Å². The van der Waals surface area contributed by atoms with E-state index in [4.69, 9.17) is 0 Å². The van der Waals surface area contributed by atoms with E-state index in [0.29, 0.717) is 0 Å². The first-order chi connectivity index (χ1) is 13.8. The van der Waals surface area contributed by atoms with E-state index in [1.807, 2.05) is 41.5 Å². The molecule has 4 unspecified atom stereocenters. The first-order valence-electron chi connectivity index (χ1n) is 12.2. The molecular weight excluding hydrogens is 430 g/mol. The molecule has 0 aromatic heterocycles. The SMILES string of the molecule is C1CCCC1.CC.CC.CC.CPc1ccccc1[C@@H](C)C1CCCC1PC.[Fe]. The molecule has 0 heterocycles. The van der Waals surface area contributed by atoms with Crippen LogP contribution in [0.2, 0.25) is 0 Å². The summed E-state index contributed by atoms with van der Waals surface area (Å²) >= 11 is 0. The van der Waals surface area contributed by atoms with Crippen LogP contribution >= 0.6 is 17.2 Å². The molecular formula is C26H52FeP2. The number of rotatable bonds is 4. The molecule has 1 aromatic rings. The van der Waals surface area contributed by atoms with Crippen molar-refractivity contribution < 1.29 is 17.1 Å². The van der Waals surface area contributed by atoms with Crippen molar-refractivity contribution in [2.75, 3.05) is 13.3 Å². The molecule has 174 valence electrons. The van der Waals surface area contributed by atoms with Crippen molar-refractivity contribution in [2.45, 2.75) is 111 Å². The number of hydrogen-bond donors (Lipinski definition) is 0. The predicted molar refractivity (Wildman–Crippen MR) is 141 cm³/mol. The molecule has 0 spiro atoms. The maximum absolute atomic E-state index is 2.46. The van der Waals surface area contributed by atoms with Crippen LogP contribution in [0.1, 0.15) is 111 Å². The van der Waals surface area contributed by atoms with Gasteiger partial charge in [0.1, 0.15) is 0 Å². The molecule has 5 atom stereocenters. The van der Waals surface area contributed by atoms with Crippen molar-refractivity contribution in [3.05, 3.63) is 29.8 Å². The third-order valence-electron chi connectivity index (χ3n) is 5.55. The van der Waals surface area contributed by atoms with Crippen LogP contribution < -0.4 is 5.30 Å². The molecule has 0 bridgehead atoms. The molecule has 0 aliphatic heterocycles. The Hall–Kier alpha value is 0.599. The van der Waals surface area contributed by atoms with Crippen LogP contribution in [0.15, 0.2) is 24.3 Å². The van der Waals surface area contributed by atoms with E-state index in [9.17, 15) is 0 Å². The topological polar surface area (TPSA) is 0 Å². The fraction of sp³-hybridized carbons (Fsp3) is 0.769. The number of hydrogen-bond acceptors (Lipinski definition) is 0. The Morgan fingerprint density at radius 3 is 1.69 bits per heavy atom. The zero-order valence-corrected chi connectivity index (χ0v) is 24.2. The smallest absolute Gasteiger partial charge is 0 e. The third kappa shape index (κ3) is 13.6. The molecule has 1 aromatic carbocycles. The van der Waals surface area contributed by atoms with E-state index in [1.54, 1.807) is 10.9 Å². The van der Waals surface area contributed by atoms with Gasteiger partial charge in [-0.25, -0.2) is 0 Å². The Morgan fingerprint density at radius 2 is 1.24 bits per heavy atom. The minimum absolute atomic E-state index is 0. The van der Waals surface area contributed by atoms with Crippen molar-refractivity contribution in [1.29, 1.82) is 0 Å². The van der Waals surface area contributed by atoms with Crippen LogP contribution in [-0.4, -0.2) is 19.0 Å². The molecule has 0 saturated heterocycles. The van der Waals surface area contributed by atoms with Gasteiger partial charge >= 0.3 is 0 Å². The second kappa shape index (κ2) is 24.9. The molecule has 3 heteroatoms. The Balaban J connectivity index is -0.000000473. The van der Waals surface area contributed by atoms with Gasteiger partial charge in [0.2, 0.25) is 0 Å². The normalized spacial score (nSPS) is 20.9. The van der Waals surface area contributed by atoms with Gasteiger partial charge in [-0.15, -0.1) is 8.58 Å². The van der Waals surface area contributed by atoms with Crippen molar-refractivity contribution in [3.8, 4) is 0 Å². The quantitative estimate of drug-likeness (QED) is 0.296. The standard InChI is InChI=1S/C15H24P2.C5H10.3C2H6.Fe/c1-11(13-8-6-10-15(13)17-3)12-7-4-5-9-14(12)16-2;1-2-4-5-3-1;3*1-2;/h4-5,7,9,11,13,15-17H,6,8,10H2,1-3H3;1-5H2;3*1-2H3;/t11-,13?,15?;;;;;/m1...../s1. The molecule has 2 saturated carbocycles. The van der Waals surface area contributed by atoms with Crippen LogP contribution in [0.25, 0.3) is 0 Å². The Kier molecular flexibility index (Phi) is 29.3. The summed E-state index contributed by atoms with van der Waals surface area (Å²) in [5.41, 5.74) is 2.63. The summed E-state index contributed by atoms with van der Waals surface area (Å²) in [6, 6.07) is 9.09. The predicted octanol–water partition coefficient (Wildman–Crippen LogP) is 9.23. The second-order valence-electron chi connectivity index (χ2n) is 6.88. The molecule has 29 heavy (non-hydrogen) atoms. The third-order valence-corrected chi connectivity index (χ3v) is 8.01. The Labute approximate surface area is 199 Å². The molecule has 0 N–H and O–H groups in total. The minimum atomic E-state index is 0. The van der Waals surface area contributed by atoms with Crippen molar-refractivity contribution in [3.63, 3.8) is 0 Å². The zero-order chi connectivity index (χ0) is 21.8. The van der Waals surface area contributed by atoms with E-state index in [0.717, 1.165) is 34.7 Å². The van der Waals surface area contributed by atoms with Crippen molar-refractivity contribution >= 4 is 22.5 Å². The monoisotopic (exact) mass is 482 g/mol. The summed E-state index contributed by atoms with van der Waals surface area (Å²) in [6.45, 7) is 19.2. The fourth-order valence-corrected chi connectivity index (χ4v) is 6.42. The van der Waals surface area contributed by atoms with Crippen LogP contribution in [0.5, 0.6) is 0 Å².